The molecule has 1 atom stereocenters. The number of benzene rings is 2. The van der Waals surface area contributed by atoms with Gasteiger partial charge in [-0.1, -0.05) is 57.2 Å². The number of H-pyrrole nitrogens is 1. The van der Waals surface area contributed by atoms with Gasteiger partial charge >= 0.3 is 0 Å². The molecular formula is C25H28N4O4. The van der Waals surface area contributed by atoms with Crippen LogP contribution in [0.15, 0.2) is 48.5 Å². The number of rotatable bonds is 7. The van der Waals surface area contributed by atoms with E-state index in [9.17, 15) is 14.9 Å². The van der Waals surface area contributed by atoms with Gasteiger partial charge in [0.2, 0.25) is 0 Å². The molecular weight excluding hydrogens is 420 g/mol. The summed E-state index contributed by atoms with van der Waals surface area (Å²) in [5.41, 5.74) is 4.51. The third-order valence-corrected chi connectivity index (χ3v) is 6.03. The second-order valence-corrected chi connectivity index (χ2v) is 9.29. The fourth-order valence-electron chi connectivity index (χ4n) is 4.31. The summed E-state index contributed by atoms with van der Waals surface area (Å²) in [6.45, 7) is 7.55. The summed E-state index contributed by atoms with van der Waals surface area (Å²) >= 11 is 0. The van der Waals surface area contributed by atoms with E-state index in [0.29, 0.717) is 36.5 Å². The van der Waals surface area contributed by atoms with Crippen molar-refractivity contribution in [2.75, 3.05) is 20.3 Å². The van der Waals surface area contributed by atoms with Crippen LogP contribution >= 0.6 is 0 Å². The molecule has 172 valence electrons. The first kappa shape index (κ1) is 22.7. The minimum atomic E-state index is -0.429. The third kappa shape index (κ3) is 4.26. The Labute approximate surface area is 192 Å². The summed E-state index contributed by atoms with van der Waals surface area (Å²) in [5.74, 6) is -0.129. The average molecular weight is 449 g/mol. The summed E-state index contributed by atoms with van der Waals surface area (Å²) < 4.78 is 5.20. The molecule has 1 amide bonds. The zero-order valence-electron chi connectivity index (χ0n) is 19.3. The van der Waals surface area contributed by atoms with Crippen LogP contribution in [0, 0.1) is 10.1 Å². The maximum Gasteiger partial charge on any atom is 0.273 e. The lowest BCUT2D eigenvalue weighted by Crippen LogP contribution is -2.31. The first-order valence-electron chi connectivity index (χ1n) is 11.0. The summed E-state index contributed by atoms with van der Waals surface area (Å²) in [7, 11) is 1.64. The monoisotopic (exact) mass is 448 g/mol. The maximum atomic E-state index is 13.3. The second kappa shape index (κ2) is 8.78. The molecule has 8 nitrogen and oxygen atoms in total. The van der Waals surface area contributed by atoms with E-state index in [1.54, 1.807) is 19.2 Å². The zero-order valence-corrected chi connectivity index (χ0v) is 19.3. The van der Waals surface area contributed by atoms with Gasteiger partial charge in [-0.15, -0.1) is 0 Å². The van der Waals surface area contributed by atoms with E-state index in [2.05, 4.69) is 55.2 Å². The van der Waals surface area contributed by atoms with Crippen LogP contribution in [0.1, 0.15) is 60.4 Å². The fraction of sp³-hybridized carbons (Fsp3) is 0.360. The maximum absolute atomic E-state index is 13.3. The smallest absolute Gasteiger partial charge is 0.273 e. The van der Waals surface area contributed by atoms with Crippen LogP contribution in [0.2, 0.25) is 0 Å². The molecule has 2 heterocycles. The molecule has 3 aromatic rings. The molecule has 1 N–H and O–H groups in total. The number of amides is 1. The molecule has 0 spiro atoms. The predicted octanol–water partition coefficient (Wildman–Crippen LogP) is 4.86. The lowest BCUT2D eigenvalue weighted by molar-refractivity contribution is -0.384. The summed E-state index contributed by atoms with van der Waals surface area (Å²) in [5, 5.41) is 18.6. The average Bonchev–Trinajstić information content (AvgIpc) is 3.33. The van der Waals surface area contributed by atoms with Gasteiger partial charge in [0.15, 0.2) is 0 Å². The van der Waals surface area contributed by atoms with Gasteiger partial charge in [-0.25, -0.2) is 0 Å². The van der Waals surface area contributed by atoms with Gasteiger partial charge in [-0.2, -0.15) is 5.10 Å². The van der Waals surface area contributed by atoms with Crippen LogP contribution in [-0.2, 0) is 10.2 Å². The molecule has 0 saturated heterocycles. The van der Waals surface area contributed by atoms with E-state index >= 15 is 0 Å². The fourth-order valence-corrected chi connectivity index (χ4v) is 4.31. The van der Waals surface area contributed by atoms with Gasteiger partial charge in [-0.05, 0) is 23.0 Å². The lowest BCUT2D eigenvalue weighted by Gasteiger charge is -2.27. The summed E-state index contributed by atoms with van der Waals surface area (Å²) in [6, 6.07) is 14.3. The number of methoxy groups -OCH3 is 1. The Morgan fingerprint density at radius 1 is 1.18 bits per heavy atom. The summed E-state index contributed by atoms with van der Waals surface area (Å²) in [6.07, 6.45) is 0.697. The highest BCUT2D eigenvalue weighted by atomic mass is 16.6. The van der Waals surface area contributed by atoms with Crippen LogP contribution in [-0.4, -0.2) is 46.2 Å². The third-order valence-electron chi connectivity index (χ3n) is 6.03. The van der Waals surface area contributed by atoms with Crippen LogP contribution in [0.3, 0.4) is 0 Å². The Hall–Kier alpha value is -3.52. The molecule has 1 aliphatic heterocycles. The number of aromatic amines is 1. The number of hydrogen-bond donors (Lipinski definition) is 1. The molecule has 1 aliphatic rings. The van der Waals surface area contributed by atoms with Crippen molar-refractivity contribution in [3.05, 3.63) is 81.0 Å². The molecule has 2 aromatic carbocycles. The standard InChI is InChI=1S/C25H28N4O4/c1-25(2,3)18-11-9-16(10-12-18)23-20-21(17-7-5-8-19(15-17)29(31)32)26-27-22(20)24(30)28(23)13-6-14-33-4/h5,7-12,15,23H,6,13-14H2,1-4H3,(H,26,27). The van der Waals surface area contributed by atoms with E-state index in [1.165, 1.54) is 17.7 Å². The normalized spacial score (nSPS) is 15.7. The van der Waals surface area contributed by atoms with Crippen LogP contribution in [0.5, 0.6) is 0 Å². The van der Waals surface area contributed by atoms with Gasteiger partial charge in [0.1, 0.15) is 5.69 Å². The number of nitro benzene ring substituents is 1. The molecule has 1 unspecified atom stereocenters. The lowest BCUT2D eigenvalue weighted by atomic mass is 9.85. The molecule has 0 fully saturated rings. The molecule has 4 rings (SSSR count). The minimum Gasteiger partial charge on any atom is -0.385 e. The number of fused-ring (bicyclic) bond motifs is 1. The van der Waals surface area contributed by atoms with Crippen molar-refractivity contribution >= 4 is 11.6 Å². The number of nitrogens with zero attached hydrogens (tertiary/aromatic N) is 3. The Morgan fingerprint density at radius 3 is 2.55 bits per heavy atom. The number of nitrogens with one attached hydrogen (secondary N) is 1. The van der Waals surface area contributed by atoms with Crippen molar-refractivity contribution in [1.82, 2.24) is 15.1 Å². The SMILES string of the molecule is COCCCN1C(=O)c2[nH]nc(-c3cccc([N+](=O)[O-])c3)c2C1c1ccc(C(C)(C)C)cc1. The van der Waals surface area contributed by atoms with E-state index in [4.69, 9.17) is 4.74 Å². The van der Waals surface area contributed by atoms with Gasteiger partial charge in [-0.3, -0.25) is 20.0 Å². The second-order valence-electron chi connectivity index (χ2n) is 9.29. The number of non-ortho nitro benzene ring substituents is 1. The predicted molar refractivity (Wildman–Crippen MR) is 125 cm³/mol. The van der Waals surface area contributed by atoms with Crippen molar-refractivity contribution in [3.63, 3.8) is 0 Å². The largest absolute Gasteiger partial charge is 0.385 e. The zero-order chi connectivity index (χ0) is 23.8. The quantitative estimate of drug-likeness (QED) is 0.316. The number of ether oxygens (including phenoxy) is 1. The molecule has 0 bridgehead atoms. The Bertz CT molecular complexity index is 1180. The van der Waals surface area contributed by atoms with Gasteiger partial charge in [0, 0.05) is 43.5 Å². The molecule has 1 aromatic heterocycles. The highest BCUT2D eigenvalue weighted by molar-refractivity contribution is 6.00. The van der Waals surface area contributed by atoms with Crippen LogP contribution in [0.25, 0.3) is 11.3 Å². The van der Waals surface area contributed by atoms with Gasteiger partial charge in [0.25, 0.3) is 11.6 Å². The number of nitro groups is 1. The molecule has 8 heteroatoms. The van der Waals surface area contributed by atoms with Crippen molar-refractivity contribution in [1.29, 1.82) is 0 Å². The molecule has 0 radical (unpaired) electrons. The van der Waals surface area contributed by atoms with Gasteiger partial charge in [0.05, 0.1) is 16.7 Å². The van der Waals surface area contributed by atoms with E-state index < -0.39 is 4.92 Å². The number of hydrogen-bond acceptors (Lipinski definition) is 5. The molecule has 33 heavy (non-hydrogen) atoms. The van der Waals surface area contributed by atoms with Crippen LogP contribution < -0.4 is 0 Å². The first-order valence-corrected chi connectivity index (χ1v) is 11.0. The number of carbonyl (C=O) groups excluding carboxylic acids is 1. The molecule has 0 saturated carbocycles. The number of aromatic nitrogens is 2. The van der Waals surface area contributed by atoms with E-state index in [-0.39, 0.29) is 23.1 Å². The first-order chi connectivity index (χ1) is 15.7. The van der Waals surface area contributed by atoms with E-state index in [0.717, 1.165) is 11.1 Å². The topological polar surface area (TPSA) is 101 Å². The van der Waals surface area contributed by atoms with Crippen molar-refractivity contribution in [3.8, 4) is 11.3 Å². The number of carbonyl (C=O) groups is 1. The molecule has 0 aliphatic carbocycles. The summed E-state index contributed by atoms with van der Waals surface area (Å²) in [4.78, 5) is 26.0. The highest BCUT2D eigenvalue weighted by Crippen LogP contribution is 2.43. The van der Waals surface area contributed by atoms with Gasteiger partial charge < -0.3 is 9.64 Å². The van der Waals surface area contributed by atoms with E-state index in [1.807, 2.05) is 4.90 Å². The van der Waals surface area contributed by atoms with Crippen molar-refractivity contribution < 1.29 is 14.5 Å². The Balaban J connectivity index is 1.82. The Morgan fingerprint density at radius 2 is 1.91 bits per heavy atom. The van der Waals surface area contributed by atoms with Crippen molar-refractivity contribution in [2.45, 2.75) is 38.6 Å². The van der Waals surface area contributed by atoms with Crippen molar-refractivity contribution in [2.24, 2.45) is 0 Å². The Kier molecular flexibility index (Phi) is 6.03. The highest BCUT2D eigenvalue weighted by Gasteiger charge is 2.42. The minimum absolute atomic E-state index is 0.0110. The van der Waals surface area contributed by atoms with Crippen LogP contribution in [0.4, 0.5) is 5.69 Å².